The largest absolute Gasteiger partial charge is 0.316 e. The highest BCUT2D eigenvalue weighted by atomic mass is 32.2. The summed E-state index contributed by atoms with van der Waals surface area (Å²) in [6.07, 6.45) is 1.31. The van der Waals surface area contributed by atoms with Gasteiger partial charge in [0, 0.05) is 0 Å². The minimum Gasteiger partial charge on any atom is -0.316 e. The first kappa shape index (κ1) is 13.3. The van der Waals surface area contributed by atoms with E-state index in [9.17, 15) is 0 Å². The molecule has 2 heteroatoms. The predicted octanol–water partition coefficient (Wildman–Crippen LogP) is 3.01. The standard InChI is InChI=1S/C11H25NS/c1-5-13-8-6-7-12-9-11(4)10(2)3/h10-12H,5-9H2,1-4H3. The van der Waals surface area contributed by atoms with E-state index in [-0.39, 0.29) is 0 Å². The van der Waals surface area contributed by atoms with Gasteiger partial charge >= 0.3 is 0 Å². The monoisotopic (exact) mass is 203 g/mol. The minimum absolute atomic E-state index is 0.803. The second-order valence-electron chi connectivity index (χ2n) is 3.98. The summed E-state index contributed by atoms with van der Waals surface area (Å²) in [5, 5.41) is 3.51. The van der Waals surface area contributed by atoms with Crippen molar-refractivity contribution in [1.29, 1.82) is 0 Å². The van der Waals surface area contributed by atoms with Crippen molar-refractivity contribution in [2.75, 3.05) is 24.6 Å². The SMILES string of the molecule is CCSCCCNCC(C)C(C)C. The van der Waals surface area contributed by atoms with Gasteiger partial charge in [0.15, 0.2) is 0 Å². The minimum atomic E-state index is 0.803. The van der Waals surface area contributed by atoms with Gasteiger partial charge in [-0.1, -0.05) is 27.7 Å². The number of thioether (sulfide) groups is 1. The maximum atomic E-state index is 3.51. The highest BCUT2D eigenvalue weighted by molar-refractivity contribution is 7.99. The molecule has 0 saturated heterocycles. The van der Waals surface area contributed by atoms with Crippen molar-refractivity contribution in [3.63, 3.8) is 0 Å². The molecule has 80 valence electrons. The van der Waals surface area contributed by atoms with Crippen LogP contribution in [0.1, 0.15) is 34.1 Å². The third kappa shape index (κ3) is 8.63. The van der Waals surface area contributed by atoms with Crippen molar-refractivity contribution in [2.45, 2.75) is 34.1 Å². The second-order valence-corrected chi connectivity index (χ2v) is 5.37. The van der Waals surface area contributed by atoms with Crippen LogP contribution in [0.5, 0.6) is 0 Å². The van der Waals surface area contributed by atoms with Gasteiger partial charge in [-0.15, -0.1) is 0 Å². The Morgan fingerprint density at radius 2 is 1.92 bits per heavy atom. The lowest BCUT2D eigenvalue weighted by molar-refractivity contribution is 0.394. The van der Waals surface area contributed by atoms with E-state index in [0.717, 1.165) is 11.8 Å². The van der Waals surface area contributed by atoms with E-state index in [0.29, 0.717) is 0 Å². The summed E-state index contributed by atoms with van der Waals surface area (Å²) in [6.45, 7) is 11.5. The predicted molar refractivity (Wildman–Crippen MR) is 64.5 cm³/mol. The molecule has 0 bridgehead atoms. The molecule has 0 heterocycles. The van der Waals surface area contributed by atoms with Gasteiger partial charge < -0.3 is 5.32 Å². The van der Waals surface area contributed by atoms with Gasteiger partial charge in [0.1, 0.15) is 0 Å². The van der Waals surface area contributed by atoms with Crippen molar-refractivity contribution in [3.05, 3.63) is 0 Å². The highest BCUT2D eigenvalue weighted by Crippen LogP contribution is 2.07. The lowest BCUT2D eigenvalue weighted by Crippen LogP contribution is -2.25. The molecular formula is C11H25NS. The van der Waals surface area contributed by atoms with E-state index in [4.69, 9.17) is 0 Å². The number of rotatable bonds is 8. The Bertz CT molecular complexity index is 104. The Morgan fingerprint density at radius 1 is 1.23 bits per heavy atom. The molecule has 0 spiro atoms. The van der Waals surface area contributed by atoms with Crippen LogP contribution in [-0.4, -0.2) is 24.6 Å². The van der Waals surface area contributed by atoms with Crippen LogP contribution in [0.2, 0.25) is 0 Å². The summed E-state index contributed by atoms with van der Waals surface area (Å²) in [6, 6.07) is 0. The molecule has 0 aromatic rings. The third-order valence-electron chi connectivity index (χ3n) is 2.45. The lowest BCUT2D eigenvalue weighted by Gasteiger charge is -2.15. The van der Waals surface area contributed by atoms with Crippen LogP contribution < -0.4 is 5.32 Å². The zero-order valence-corrected chi connectivity index (χ0v) is 10.4. The molecule has 0 rings (SSSR count). The molecule has 0 aromatic carbocycles. The second kappa shape index (κ2) is 8.89. The third-order valence-corrected chi connectivity index (χ3v) is 3.44. The summed E-state index contributed by atoms with van der Waals surface area (Å²) >= 11 is 2.03. The molecule has 0 radical (unpaired) electrons. The van der Waals surface area contributed by atoms with Gasteiger partial charge in [-0.3, -0.25) is 0 Å². The van der Waals surface area contributed by atoms with Crippen LogP contribution in [0.15, 0.2) is 0 Å². The van der Waals surface area contributed by atoms with Gasteiger partial charge in [-0.05, 0) is 42.9 Å². The Kier molecular flexibility index (Phi) is 9.10. The molecule has 1 N–H and O–H groups in total. The maximum absolute atomic E-state index is 3.51. The molecule has 1 atom stereocenters. The summed E-state index contributed by atoms with van der Waals surface area (Å²) in [4.78, 5) is 0. The molecular weight excluding hydrogens is 178 g/mol. The fraction of sp³-hybridized carbons (Fsp3) is 1.00. The van der Waals surface area contributed by atoms with Gasteiger partial charge in [0.05, 0.1) is 0 Å². The van der Waals surface area contributed by atoms with Crippen molar-refractivity contribution < 1.29 is 0 Å². The molecule has 0 aromatic heterocycles. The quantitative estimate of drug-likeness (QED) is 0.609. The Hall–Kier alpha value is 0.310. The van der Waals surface area contributed by atoms with Gasteiger partial charge in [0.2, 0.25) is 0 Å². The molecule has 0 aliphatic heterocycles. The van der Waals surface area contributed by atoms with Crippen LogP contribution in [0.25, 0.3) is 0 Å². The van der Waals surface area contributed by atoms with Crippen molar-refractivity contribution in [2.24, 2.45) is 11.8 Å². The smallest absolute Gasteiger partial charge is 0.00207 e. The molecule has 0 aliphatic carbocycles. The van der Waals surface area contributed by atoms with Gasteiger partial charge in [0.25, 0.3) is 0 Å². The van der Waals surface area contributed by atoms with Crippen molar-refractivity contribution in [3.8, 4) is 0 Å². The average Bonchev–Trinajstić information content (AvgIpc) is 2.10. The topological polar surface area (TPSA) is 12.0 Å². The summed E-state index contributed by atoms with van der Waals surface area (Å²) in [5.41, 5.74) is 0. The number of hydrogen-bond donors (Lipinski definition) is 1. The molecule has 13 heavy (non-hydrogen) atoms. The first-order chi connectivity index (χ1) is 6.18. The van der Waals surface area contributed by atoms with E-state index in [1.165, 1.54) is 31.0 Å². The van der Waals surface area contributed by atoms with Crippen molar-refractivity contribution >= 4 is 11.8 Å². The fourth-order valence-corrected chi connectivity index (χ4v) is 1.65. The van der Waals surface area contributed by atoms with Crippen LogP contribution in [0.4, 0.5) is 0 Å². The van der Waals surface area contributed by atoms with Gasteiger partial charge in [-0.25, -0.2) is 0 Å². The van der Waals surface area contributed by atoms with E-state index in [2.05, 4.69) is 33.0 Å². The zero-order valence-electron chi connectivity index (χ0n) is 9.60. The van der Waals surface area contributed by atoms with Gasteiger partial charge in [-0.2, -0.15) is 11.8 Å². The summed E-state index contributed by atoms with van der Waals surface area (Å²) in [5.74, 6) is 4.17. The molecule has 0 amide bonds. The number of nitrogens with one attached hydrogen (secondary N) is 1. The lowest BCUT2D eigenvalue weighted by atomic mass is 9.98. The first-order valence-electron chi connectivity index (χ1n) is 5.47. The average molecular weight is 203 g/mol. The Morgan fingerprint density at radius 3 is 2.46 bits per heavy atom. The molecule has 0 fully saturated rings. The zero-order chi connectivity index (χ0) is 10.1. The van der Waals surface area contributed by atoms with E-state index >= 15 is 0 Å². The first-order valence-corrected chi connectivity index (χ1v) is 6.62. The van der Waals surface area contributed by atoms with Crippen LogP contribution in [0.3, 0.4) is 0 Å². The molecule has 0 saturated carbocycles. The van der Waals surface area contributed by atoms with Crippen molar-refractivity contribution in [1.82, 2.24) is 5.32 Å². The molecule has 1 unspecified atom stereocenters. The van der Waals surface area contributed by atoms with Crippen LogP contribution >= 0.6 is 11.8 Å². The fourth-order valence-electron chi connectivity index (χ4n) is 1.01. The molecule has 0 aliphatic rings. The van der Waals surface area contributed by atoms with E-state index in [1.807, 2.05) is 11.8 Å². The van der Waals surface area contributed by atoms with E-state index in [1.54, 1.807) is 0 Å². The Labute approximate surface area is 88.1 Å². The number of hydrogen-bond acceptors (Lipinski definition) is 2. The molecule has 1 nitrogen and oxygen atoms in total. The Balaban J connectivity index is 3.07. The highest BCUT2D eigenvalue weighted by Gasteiger charge is 2.04. The summed E-state index contributed by atoms with van der Waals surface area (Å²) in [7, 11) is 0. The summed E-state index contributed by atoms with van der Waals surface area (Å²) < 4.78 is 0. The normalized spacial score (nSPS) is 13.6. The van der Waals surface area contributed by atoms with Crippen LogP contribution in [-0.2, 0) is 0 Å². The van der Waals surface area contributed by atoms with E-state index < -0.39 is 0 Å². The maximum Gasteiger partial charge on any atom is -0.00207 e. The van der Waals surface area contributed by atoms with Crippen LogP contribution in [0, 0.1) is 11.8 Å².